The van der Waals surface area contributed by atoms with Crippen molar-refractivity contribution in [1.29, 1.82) is 0 Å². The fraction of sp³-hybridized carbons (Fsp3) is 0.250. The van der Waals surface area contributed by atoms with Crippen molar-refractivity contribution in [2.45, 2.75) is 26.4 Å². The molecule has 0 aliphatic rings. The van der Waals surface area contributed by atoms with Gasteiger partial charge in [-0.15, -0.1) is 0 Å². The third-order valence-electron chi connectivity index (χ3n) is 3.58. The largest absolute Gasteiger partial charge is 0.386 e. The van der Waals surface area contributed by atoms with E-state index in [2.05, 4.69) is 10.1 Å². The normalized spacial score (nSPS) is 12.1. The van der Waals surface area contributed by atoms with E-state index in [1.165, 1.54) is 16.8 Å². The molecule has 114 valence electrons. The zero-order valence-corrected chi connectivity index (χ0v) is 13.2. The lowest BCUT2D eigenvalue weighted by Gasteiger charge is -2.18. The number of pyridine rings is 1. The van der Waals surface area contributed by atoms with Gasteiger partial charge in [0.15, 0.2) is 0 Å². The molecular weight excluding hydrogens is 305 g/mol. The Morgan fingerprint density at radius 3 is 2.68 bits per heavy atom. The van der Waals surface area contributed by atoms with E-state index in [1.54, 1.807) is 39.2 Å². The third kappa shape index (κ3) is 2.36. The Balaban J connectivity index is 2.30. The predicted molar refractivity (Wildman–Crippen MR) is 83.8 cm³/mol. The van der Waals surface area contributed by atoms with Gasteiger partial charge >= 0.3 is 0 Å². The Bertz CT molecular complexity index is 868. The molecule has 0 fully saturated rings. The molecule has 4 nitrogen and oxygen atoms in total. The topological polar surface area (TPSA) is 50.9 Å². The molecule has 0 saturated carbocycles. The summed E-state index contributed by atoms with van der Waals surface area (Å²) in [5, 5.41) is 15.5. The first-order chi connectivity index (χ1) is 10.3. The van der Waals surface area contributed by atoms with Crippen molar-refractivity contribution in [2.24, 2.45) is 0 Å². The minimum Gasteiger partial charge on any atom is -0.386 e. The summed E-state index contributed by atoms with van der Waals surface area (Å²) in [5.41, 5.74) is 1.08. The fourth-order valence-corrected chi connectivity index (χ4v) is 2.70. The molecule has 0 saturated heterocycles. The first-order valence-electron chi connectivity index (χ1n) is 6.80. The Kier molecular flexibility index (Phi) is 3.42. The van der Waals surface area contributed by atoms with Gasteiger partial charge in [0.1, 0.15) is 11.3 Å². The first-order valence-corrected chi connectivity index (χ1v) is 7.18. The van der Waals surface area contributed by atoms with E-state index in [1.807, 2.05) is 0 Å². The summed E-state index contributed by atoms with van der Waals surface area (Å²) in [6, 6.07) is 4.57. The Morgan fingerprint density at radius 1 is 1.27 bits per heavy atom. The molecule has 2 aromatic heterocycles. The number of hydrogen-bond acceptors (Lipinski definition) is 3. The van der Waals surface area contributed by atoms with Crippen molar-refractivity contribution in [3.63, 3.8) is 0 Å². The van der Waals surface area contributed by atoms with E-state index in [-0.39, 0.29) is 0 Å². The van der Waals surface area contributed by atoms with E-state index in [4.69, 9.17) is 11.6 Å². The Hall–Kier alpha value is -1.98. The quantitative estimate of drug-likeness (QED) is 0.782. The van der Waals surface area contributed by atoms with Crippen LogP contribution in [0.25, 0.3) is 16.6 Å². The maximum atomic E-state index is 14.3. The number of aromatic nitrogens is 3. The first kappa shape index (κ1) is 14.9. The highest BCUT2D eigenvalue weighted by molar-refractivity contribution is 6.35. The molecule has 0 bridgehead atoms. The average Bonchev–Trinajstić information content (AvgIpc) is 2.81. The van der Waals surface area contributed by atoms with Gasteiger partial charge in [0.25, 0.3) is 0 Å². The van der Waals surface area contributed by atoms with Gasteiger partial charge < -0.3 is 5.11 Å². The molecule has 0 atom stereocenters. The molecule has 22 heavy (non-hydrogen) atoms. The van der Waals surface area contributed by atoms with Gasteiger partial charge in [-0.05, 0) is 39.0 Å². The molecule has 1 N–H and O–H groups in total. The summed E-state index contributed by atoms with van der Waals surface area (Å²) in [4.78, 5) is 4.12. The highest BCUT2D eigenvalue weighted by Gasteiger charge is 2.20. The van der Waals surface area contributed by atoms with Crippen LogP contribution < -0.4 is 0 Å². The molecule has 0 spiro atoms. The number of nitrogens with zero attached hydrogens (tertiary/aromatic N) is 3. The second-order valence-corrected chi connectivity index (χ2v) is 6.15. The molecule has 3 aromatic rings. The van der Waals surface area contributed by atoms with Gasteiger partial charge in [0.05, 0.1) is 28.2 Å². The van der Waals surface area contributed by atoms with E-state index in [0.29, 0.717) is 32.9 Å². The van der Waals surface area contributed by atoms with Gasteiger partial charge in [-0.3, -0.25) is 4.98 Å². The smallest absolute Gasteiger partial charge is 0.149 e. The molecule has 1 aromatic carbocycles. The van der Waals surface area contributed by atoms with E-state index < -0.39 is 11.4 Å². The monoisotopic (exact) mass is 319 g/mol. The van der Waals surface area contributed by atoms with Gasteiger partial charge in [-0.1, -0.05) is 11.6 Å². The average molecular weight is 320 g/mol. The molecule has 0 aliphatic heterocycles. The third-order valence-corrected chi connectivity index (χ3v) is 3.89. The zero-order valence-electron chi connectivity index (χ0n) is 12.4. The minimum absolute atomic E-state index is 0.305. The second-order valence-electron chi connectivity index (χ2n) is 5.74. The molecule has 0 amide bonds. The van der Waals surface area contributed by atoms with Crippen LogP contribution in [0.3, 0.4) is 0 Å². The van der Waals surface area contributed by atoms with Gasteiger partial charge in [0.2, 0.25) is 0 Å². The predicted octanol–water partition coefficient (Wildman–Crippen LogP) is 3.75. The summed E-state index contributed by atoms with van der Waals surface area (Å²) >= 11 is 6.16. The second kappa shape index (κ2) is 5.04. The van der Waals surface area contributed by atoms with Crippen LogP contribution in [0.1, 0.15) is 25.1 Å². The van der Waals surface area contributed by atoms with Gasteiger partial charge in [-0.2, -0.15) is 5.10 Å². The van der Waals surface area contributed by atoms with Crippen LogP contribution in [-0.2, 0) is 5.60 Å². The number of rotatable bonds is 2. The summed E-state index contributed by atoms with van der Waals surface area (Å²) in [6.45, 7) is 5.10. The van der Waals surface area contributed by atoms with Crippen LogP contribution in [0.4, 0.5) is 4.39 Å². The number of benzene rings is 1. The number of fused-ring (bicyclic) bond motifs is 1. The lowest BCUT2D eigenvalue weighted by Crippen LogP contribution is -2.16. The standard InChI is InChI=1S/C16H15ClFN3O/c1-9-14-12(17)4-5-13(18)15(14)21(20-9)11-6-10(7-19-8-11)16(2,3)22/h4-8,22H,1-3H3. The molecule has 6 heteroatoms. The van der Waals surface area contributed by atoms with Crippen molar-refractivity contribution in [2.75, 3.05) is 0 Å². The summed E-state index contributed by atoms with van der Waals surface area (Å²) in [6.07, 6.45) is 3.15. The van der Waals surface area contributed by atoms with Crippen LogP contribution in [0, 0.1) is 12.7 Å². The van der Waals surface area contributed by atoms with Crippen LogP contribution in [-0.4, -0.2) is 19.9 Å². The lowest BCUT2D eigenvalue weighted by molar-refractivity contribution is 0.0782. The van der Waals surface area contributed by atoms with E-state index >= 15 is 0 Å². The molecule has 0 radical (unpaired) electrons. The number of aryl methyl sites for hydroxylation is 1. The zero-order chi connectivity index (χ0) is 16.1. The van der Waals surface area contributed by atoms with Crippen LogP contribution in [0.5, 0.6) is 0 Å². The van der Waals surface area contributed by atoms with E-state index in [0.717, 1.165) is 0 Å². The molecule has 2 heterocycles. The number of halogens is 2. The lowest BCUT2D eigenvalue weighted by atomic mass is 10.0. The van der Waals surface area contributed by atoms with Crippen molar-refractivity contribution in [1.82, 2.24) is 14.8 Å². The highest BCUT2D eigenvalue weighted by atomic mass is 35.5. The van der Waals surface area contributed by atoms with Crippen molar-refractivity contribution >= 4 is 22.5 Å². The number of hydrogen-bond donors (Lipinski definition) is 1. The summed E-state index contributed by atoms with van der Waals surface area (Å²) in [5.74, 6) is -0.409. The van der Waals surface area contributed by atoms with Crippen molar-refractivity contribution in [3.8, 4) is 5.69 Å². The Labute approximate surface area is 132 Å². The summed E-state index contributed by atoms with van der Waals surface area (Å²) in [7, 11) is 0. The maximum Gasteiger partial charge on any atom is 0.149 e. The molecule has 3 rings (SSSR count). The van der Waals surface area contributed by atoms with Crippen LogP contribution >= 0.6 is 11.6 Å². The fourth-order valence-electron chi connectivity index (χ4n) is 2.41. The van der Waals surface area contributed by atoms with E-state index in [9.17, 15) is 9.50 Å². The highest BCUT2D eigenvalue weighted by Crippen LogP contribution is 2.31. The SMILES string of the molecule is Cc1nn(-c2cncc(C(C)(C)O)c2)c2c(F)ccc(Cl)c12. The van der Waals surface area contributed by atoms with Gasteiger partial charge in [0, 0.05) is 17.1 Å². The molecule has 0 aliphatic carbocycles. The van der Waals surface area contributed by atoms with Crippen LogP contribution in [0.15, 0.2) is 30.6 Å². The maximum absolute atomic E-state index is 14.3. The van der Waals surface area contributed by atoms with Crippen molar-refractivity contribution in [3.05, 3.63) is 52.7 Å². The summed E-state index contributed by atoms with van der Waals surface area (Å²) < 4.78 is 15.7. The van der Waals surface area contributed by atoms with Crippen LogP contribution in [0.2, 0.25) is 5.02 Å². The number of aliphatic hydroxyl groups is 1. The minimum atomic E-state index is -1.04. The molecule has 0 unspecified atom stereocenters. The molecular formula is C16H15ClFN3O. The Morgan fingerprint density at radius 2 is 2.00 bits per heavy atom. The van der Waals surface area contributed by atoms with Crippen molar-refractivity contribution < 1.29 is 9.50 Å². The van der Waals surface area contributed by atoms with Gasteiger partial charge in [-0.25, -0.2) is 9.07 Å².